The number of aryl methyl sites for hydroxylation is 1. The summed E-state index contributed by atoms with van der Waals surface area (Å²) in [6.07, 6.45) is 3.04. The monoisotopic (exact) mass is 275 g/mol. The molecule has 3 nitrogen and oxygen atoms in total. The summed E-state index contributed by atoms with van der Waals surface area (Å²) in [6, 6.07) is 0.117. The summed E-state index contributed by atoms with van der Waals surface area (Å²) in [5.74, 6) is 3.03. The molecule has 0 saturated carbocycles. The minimum absolute atomic E-state index is 0.117. The molecule has 2 atom stereocenters. The van der Waals surface area contributed by atoms with Crippen LogP contribution < -0.4 is 5.73 Å². The van der Waals surface area contributed by atoms with Crippen molar-refractivity contribution in [1.82, 2.24) is 9.78 Å². The Hall–Kier alpha value is -0.0000000000000000555. The van der Waals surface area contributed by atoms with Gasteiger partial charge in [0.05, 0.1) is 22.4 Å². The average Bonchev–Trinajstić information content (AvgIpc) is 2.75. The van der Waals surface area contributed by atoms with Crippen LogP contribution in [0.2, 0.25) is 0 Å². The highest BCUT2D eigenvalue weighted by Gasteiger charge is 2.27. The molecule has 2 N–H and O–H groups in total. The Bertz CT molecular complexity index is 300. The first kappa shape index (κ1) is 10.5. The third-order valence-electron chi connectivity index (χ3n) is 2.73. The second kappa shape index (κ2) is 4.24. The molecule has 2 rings (SSSR count). The minimum atomic E-state index is 0.117. The first-order valence-electron chi connectivity index (χ1n) is 4.71. The number of hydrogen-bond acceptors (Lipinski definition) is 3. The molecule has 2 unspecified atom stereocenters. The lowest BCUT2D eigenvalue weighted by Crippen LogP contribution is -2.24. The molecular formula is C9H14BrN3S. The zero-order chi connectivity index (χ0) is 10.1. The van der Waals surface area contributed by atoms with Crippen LogP contribution in [-0.2, 0) is 7.05 Å². The van der Waals surface area contributed by atoms with E-state index in [0.717, 1.165) is 10.2 Å². The van der Waals surface area contributed by atoms with Crippen LogP contribution in [0.5, 0.6) is 0 Å². The number of hydrogen-bond donors (Lipinski definition) is 1. The van der Waals surface area contributed by atoms with Crippen molar-refractivity contribution >= 4 is 27.7 Å². The third kappa shape index (κ3) is 1.85. The summed E-state index contributed by atoms with van der Waals surface area (Å²) in [5.41, 5.74) is 7.36. The van der Waals surface area contributed by atoms with Crippen molar-refractivity contribution < 1.29 is 0 Å². The van der Waals surface area contributed by atoms with Crippen molar-refractivity contribution in [2.24, 2.45) is 18.7 Å². The largest absolute Gasteiger partial charge is 0.322 e. The average molecular weight is 276 g/mol. The van der Waals surface area contributed by atoms with E-state index in [4.69, 9.17) is 5.73 Å². The predicted molar refractivity (Wildman–Crippen MR) is 63.3 cm³/mol. The fourth-order valence-electron chi connectivity index (χ4n) is 1.85. The van der Waals surface area contributed by atoms with Gasteiger partial charge in [-0.2, -0.15) is 16.9 Å². The minimum Gasteiger partial charge on any atom is -0.322 e. The van der Waals surface area contributed by atoms with Crippen molar-refractivity contribution in [3.63, 3.8) is 0 Å². The Morgan fingerprint density at radius 2 is 2.57 bits per heavy atom. The summed E-state index contributed by atoms with van der Waals surface area (Å²) in [4.78, 5) is 0. The first-order chi connectivity index (χ1) is 6.70. The van der Waals surface area contributed by atoms with Crippen LogP contribution in [0.25, 0.3) is 0 Å². The molecule has 78 valence electrons. The van der Waals surface area contributed by atoms with Gasteiger partial charge in [0, 0.05) is 7.05 Å². The highest BCUT2D eigenvalue weighted by molar-refractivity contribution is 9.10. The van der Waals surface area contributed by atoms with Crippen LogP contribution >= 0.6 is 27.7 Å². The van der Waals surface area contributed by atoms with Crippen LogP contribution in [-0.4, -0.2) is 21.3 Å². The van der Waals surface area contributed by atoms with E-state index >= 15 is 0 Å². The Balaban J connectivity index is 2.21. The molecule has 1 aromatic rings. The highest BCUT2D eigenvalue weighted by atomic mass is 79.9. The van der Waals surface area contributed by atoms with Gasteiger partial charge in [-0.25, -0.2) is 0 Å². The molecule has 14 heavy (non-hydrogen) atoms. The molecule has 1 fully saturated rings. The summed E-state index contributed by atoms with van der Waals surface area (Å²) >= 11 is 5.49. The Morgan fingerprint density at radius 1 is 1.79 bits per heavy atom. The van der Waals surface area contributed by atoms with Gasteiger partial charge >= 0.3 is 0 Å². The zero-order valence-corrected chi connectivity index (χ0v) is 10.5. The molecule has 0 radical (unpaired) electrons. The smallest absolute Gasteiger partial charge is 0.0693 e. The molecule has 1 aliphatic rings. The van der Waals surface area contributed by atoms with Crippen molar-refractivity contribution in [2.45, 2.75) is 12.5 Å². The van der Waals surface area contributed by atoms with Gasteiger partial charge in [0.25, 0.3) is 0 Å². The van der Waals surface area contributed by atoms with Gasteiger partial charge in [-0.1, -0.05) is 0 Å². The molecule has 0 amide bonds. The van der Waals surface area contributed by atoms with E-state index in [9.17, 15) is 0 Å². The van der Waals surface area contributed by atoms with Crippen LogP contribution in [0.4, 0.5) is 0 Å². The summed E-state index contributed by atoms with van der Waals surface area (Å²) < 4.78 is 2.90. The maximum absolute atomic E-state index is 6.24. The van der Waals surface area contributed by atoms with E-state index in [1.54, 1.807) is 0 Å². The Labute approximate surface area is 96.6 Å². The zero-order valence-electron chi connectivity index (χ0n) is 8.11. The van der Waals surface area contributed by atoms with Gasteiger partial charge in [0.2, 0.25) is 0 Å². The van der Waals surface area contributed by atoms with E-state index in [1.165, 1.54) is 17.9 Å². The number of thioether (sulfide) groups is 1. The second-order valence-electron chi connectivity index (χ2n) is 3.65. The van der Waals surface area contributed by atoms with E-state index in [0.29, 0.717) is 5.92 Å². The van der Waals surface area contributed by atoms with Gasteiger partial charge in [-0.05, 0) is 39.8 Å². The number of nitrogens with two attached hydrogens (primary N) is 1. The Morgan fingerprint density at radius 3 is 3.07 bits per heavy atom. The normalized spacial score (nSPS) is 24.1. The molecule has 1 saturated heterocycles. The number of nitrogens with zero attached hydrogens (tertiary/aromatic N) is 2. The van der Waals surface area contributed by atoms with Crippen LogP contribution in [0.15, 0.2) is 10.7 Å². The molecule has 0 bridgehead atoms. The number of aromatic nitrogens is 2. The molecular weight excluding hydrogens is 262 g/mol. The van der Waals surface area contributed by atoms with Crippen LogP contribution in [0.3, 0.4) is 0 Å². The van der Waals surface area contributed by atoms with E-state index in [1.807, 2.05) is 29.7 Å². The van der Waals surface area contributed by atoms with Gasteiger partial charge in [-0.15, -0.1) is 0 Å². The number of rotatable bonds is 2. The van der Waals surface area contributed by atoms with Crippen molar-refractivity contribution in [3.05, 3.63) is 16.4 Å². The van der Waals surface area contributed by atoms with Crippen LogP contribution in [0, 0.1) is 5.92 Å². The number of halogens is 1. The van der Waals surface area contributed by atoms with Gasteiger partial charge in [0.15, 0.2) is 0 Å². The fourth-order valence-corrected chi connectivity index (χ4v) is 3.78. The third-order valence-corrected chi connectivity index (χ3v) is 4.53. The van der Waals surface area contributed by atoms with Crippen molar-refractivity contribution in [2.75, 3.05) is 11.5 Å². The first-order valence-corrected chi connectivity index (χ1v) is 6.65. The lowest BCUT2D eigenvalue weighted by Gasteiger charge is -2.18. The highest BCUT2D eigenvalue weighted by Crippen LogP contribution is 2.34. The summed E-state index contributed by atoms with van der Waals surface area (Å²) in [5, 5.41) is 4.19. The SMILES string of the molecule is Cn1ncc(Br)c1C(N)C1CCSC1. The molecule has 0 aliphatic carbocycles. The fraction of sp³-hybridized carbons (Fsp3) is 0.667. The van der Waals surface area contributed by atoms with E-state index < -0.39 is 0 Å². The maximum Gasteiger partial charge on any atom is 0.0693 e. The van der Waals surface area contributed by atoms with Gasteiger partial charge < -0.3 is 5.73 Å². The van der Waals surface area contributed by atoms with Crippen molar-refractivity contribution in [3.8, 4) is 0 Å². The second-order valence-corrected chi connectivity index (χ2v) is 5.65. The molecule has 5 heteroatoms. The quantitative estimate of drug-likeness (QED) is 0.897. The topological polar surface area (TPSA) is 43.8 Å². The van der Waals surface area contributed by atoms with Crippen LogP contribution in [0.1, 0.15) is 18.2 Å². The molecule has 1 aliphatic heterocycles. The predicted octanol–water partition coefficient (Wildman–Crippen LogP) is 1.94. The Kier molecular flexibility index (Phi) is 3.19. The lowest BCUT2D eigenvalue weighted by atomic mass is 9.97. The molecule has 0 spiro atoms. The molecule has 1 aromatic heterocycles. The standard InChI is InChI=1S/C9H14BrN3S/c1-13-9(7(10)4-12-13)8(11)6-2-3-14-5-6/h4,6,8H,2-3,5,11H2,1H3. The molecule has 2 heterocycles. The van der Waals surface area contributed by atoms with Gasteiger partial charge in [0.1, 0.15) is 0 Å². The van der Waals surface area contributed by atoms with E-state index in [-0.39, 0.29) is 6.04 Å². The lowest BCUT2D eigenvalue weighted by molar-refractivity contribution is 0.453. The van der Waals surface area contributed by atoms with Gasteiger partial charge in [-0.3, -0.25) is 4.68 Å². The van der Waals surface area contributed by atoms with Crippen molar-refractivity contribution in [1.29, 1.82) is 0 Å². The summed E-state index contributed by atoms with van der Waals surface area (Å²) in [6.45, 7) is 0. The van der Waals surface area contributed by atoms with E-state index in [2.05, 4.69) is 21.0 Å². The molecule has 0 aromatic carbocycles. The maximum atomic E-state index is 6.24. The summed E-state index contributed by atoms with van der Waals surface area (Å²) in [7, 11) is 1.95.